The smallest absolute Gasteiger partial charge is 0.409 e. The van der Waals surface area contributed by atoms with E-state index in [1.54, 1.807) is 57.5 Å². The van der Waals surface area contributed by atoms with Gasteiger partial charge in [0.1, 0.15) is 17.3 Å². The van der Waals surface area contributed by atoms with Crippen LogP contribution in [0.2, 0.25) is 0 Å². The van der Waals surface area contributed by atoms with Gasteiger partial charge in [0, 0.05) is 24.7 Å². The predicted molar refractivity (Wildman–Crippen MR) is 135 cm³/mol. The van der Waals surface area contributed by atoms with E-state index in [1.165, 1.54) is 11.0 Å². The van der Waals surface area contributed by atoms with Gasteiger partial charge >= 0.3 is 6.09 Å². The summed E-state index contributed by atoms with van der Waals surface area (Å²) in [6.45, 7) is 3.58. The number of ether oxygens (including phenoxy) is 2. The maximum absolute atomic E-state index is 14.5. The second-order valence-corrected chi connectivity index (χ2v) is 9.31. The summed E-state index contributed by atoms with van der Waals surface area (Å²) in [6.07, 6.45) is 0.0543. The Balaban J connectivity index is 1.58. The van der Waals surface area contributed by atoms with Gasteiger partial charge in [-0.3, -0.25) is 14.7 Å². The van der Waals surface area contributed by atoms with Gasteiger partial charge in [-0.25, -0.2) is 9.18 Å². The van der Waals surface area contributed by atoms with Crippen molar-refractivity contribution in [3.63, 3.8) is 0 Å². The van der Waals surface area contributed by atoms with E-state index >= 15 is 0 Å². The number of nitrogens with one attached hydrogen (secondary N) is 1. The van der Waals surface area contributed by atoms with Crippen LogP contribution in [0, 0.1) is 5.82 Å². The minimum absolute atomic E-state index is 0.120. The molecule has 2 atom stereocenters. The summed E-state index contributed by atoms with van der Waals surface area (Å²) in [7, 11) is 1.57. The number of aromatic nitrogens is 1. The minimum atomic E-state index is -1.16. The lowest BCUT2D eigenvalue weighted by atomic mass is 9.95. The number of hydrogen-bond acceptors (Lipinski definition) is 5. The van der Waals surface area contributed by atoms with Crippen molar-refractivity contribution in [2.45, 2.75) is 51.1 Å². The van der Waals surface area contributed by atoms with Crippen LogP contribution in [-0.4, -0.2) is 52.0 Å². The molecule has 1 saturated heterocycles. The van der Waals surface area contributed by atoms with E-state index in [1.807, 2.05) is 24.3 Å². The van der Waals surface area contributed by atoms with Crippen LogP contribution in [-0.2, 0) is 24.1 Å². The highest BCUT2D eigenvalue weighted by molar-refractivity contribution is 5.95. The highest BCUT2D eigenvalue weighted by atomic mass is 19.1. The fourth-order valence-corrected chi connectivity index (χ4v) is 4.85. The number of para-hydroxylation sites is 1. The number of hydrogen-bond donors (Lipinski definition) is 2. The molecule has 2 heterocycles. The summed E-state index contributed by atoms with van der Waals surface area (Å²) in [5.41, 5.74) is 0.893. The van der Waals surface area contributed by atoms with Crippen LogP contribution in [0.1, 0.15) is 41.0 Å². The molecule has 0 radical (unpaired) electrons. The van der Waals surface area contributed by atoms with Crippen molar-refractivity contribution in [1.82, 2.24) is 15.2 Å². The van der Waals surface area contributed by atoms with Crippen molar-refractivity contribution < 1.29 is 28.6 Å². The van der Waals surface area contributed by atoms with Crippen LogP contribution in [0.5, 0.6) is 5.75 Å². The molecule has 0 spiro atoms. The maximum Gasteiger partial charge on any atom is 0.409 e. The molecule has 4 rings (SSSR count). The van der Waals surface area contributed by atoms with E-state index in [0.29, 0.717) is 22.6 Å². The number of amides is 2. The fraction of sp³-hybridized carbons (Fsp3) is 0.321. The number of rotatable bonds is 8. The molecule has 0 aliphatic carbocycles. The quantitative estimate of drug-likeness (QED) is 0.468. The Morgan fingerprint density at radius 3 is 2.49 bits per heavy atom. The van der Waals surface area contributed by atoms with Crippen LogP contribution in [0.3, 0.4) is 0 Å². The number of nitrogens with zero attached hydrogens (tertiary/aromatic N) is 2. The molecule has 0 bridgehead atoms. The van der Waals surface area contributed by atoms with Crippen LogP contribution < -0.4 is 10.1 Å². The Morgan fingerprint density at radius 2 is 1.78 bits per heavy atom. The largest absolute Gasteiger partial charge is 0.496 e. The van der Waals surface area contributed by atoms with E-state index in [2.05, 4.69) is 10.3 Å². The third-order valence-corrected chi connectivity index (χ3v) is 6.54. The zero-order valence-corrected chi connectivity index (χ0v) is 21.0. The monoisotopic (exact) mass is 507 g/mol. The second kappa shape index (κ2) is 11.0. The lowest BCUT2D eigenvalue weighted by molar-refractivity contribution is -0.0660. The lowest BCUT2D eigenvalue weighted by Gasteiger charge is -2.31. The van der Waals surface area contributed by atoms with Crippen molar-refractivity contribution in [1.29, 1.82) is 0 Å². The molecule has 0 saturated carbocycles. The first-order chi connectivity index (χ1) is 17.7. The number of halogens is 1. The molecule has 2 aromatic carbocycles. The topological polar surface area (TPSA) is 101 Å². The highest BCUT2D eigenvalue weighted by Crippen LogP contribution is 2.36. The summed E-state index contributed by atoms with van der Waals surface area (Å²) in [4.78, 5) is 31.0. The van der Waals surface area contributed by atoms with E-state index in [0.717, 1.165) is 5.56 Å². The van der Waals surface area contributed by atoms with Crippen molar-refractivity contribution in [3.8, 4) is 5.75 Å². The Morgan fingerprint density at radius 1 is 1.08 bits per heavy atom. The summed E-state index contributed by atoms with van der Waals surface area (Å²) in [5.74, 6) is -0.0712. The molecule has 9 heteroatoms. The van der Waals surface area contributed by atoms with Gasteiger partial charge in [-0.1, -0.05) is 36.4 Å². The molecular formula is C28H30FN3O5. The zero-order chi connectivity index (χ0) is 26.6. The van der Waals surface area contributed by atoms with Crippen LogP contribution in [0.15, 0.2) is 66.9 Å². The third-order valence-electron chi connectivity index (χ3n) is 6.54. The summed E-state index contributed by atoms with van der Waals surface area (Å²) in [6, 6.07) is 16.3. The third kappa shape index (κ3) is 5.72. The van der Waals surface area contributed by atoms with E-state index in [-0.39, 0.29) is 25.3 Å². The molecule has 8 nitrogen and oxygen atoms in total. The highest BCUT2D eigenvalue weighted by Gasteiger charge is 2.50. The van der Waals surface area contributed by atoms with Crippen LogP contribution in [0.25, 0.3) is 0 Å². The Hall–Kier alpha value is -3.98. The molecule has 37 heavy (non-hydrogen) atoms. The summed E-state index contributed by atoms with van der Waals surface area (Å²) in [5, 5.41) is 12.9. The van der Waals surface area contributed by atoms with Gasteiger partial charge in [0.2, 0.25) is 0 Å². The minimum Gasteiger partial charge on any atom is -0.496 e. The lowest BCUT2D eigenvalue weighted by Crippen LogP contribution is -2.48. The van der Waals surface area contributed by atoms with Crippen molar-refractivity contribution >= 4 is 12.0 Å². The second-order valence-electron chi connectivity index (χ2n) is 9.31. The fourth-order valence-electron chi connectivity index (χ4n) is 4.85. The first-order valence-corrected chi connectivity index (χ1v) is 12.0. The standard InChI is InChI=1S/C28H30FN3O5/c1-28(2)32(27(34)35)23(15-18-9-4-6-12-21(18)29)25(37-28)16-22-20(11-8-14-30-22)26(33)31-17-19-10-5-7-13-24(19)36-3/h4-14,23,25H,15-17H2,1-3H3,(H,31,33)(H,34,35)/t23-,25+/m1/s1. The summed E-state index contributed by atoms with van der Waals surface area (Å²) < 4.78 is 26.0. The molecule has 1 aliphatic heterocycles. The Bertz CT molecular complexity index is 1280. The number of carbonyl (C=O) groups is 2. The number of pyridine rings is 1. The van der Waals surface area contributed by atoms with E-state index in [9.17, 15) is 19.1 Å². The zero-order valence-electron chi connectivity index (χ0n) is 21.0. The molecule has 1 fully saturated rings. The normalized spacial score (nSPS) is 18.4. The summed E-state index contributed by atoms with van der Waals surface area (Å²) >= 11 is 0. The molecule has 2 N–H and O–H groups in total. The van der Waals surface area contributed by atoms with Crippen LogP contribution >= 0.6 is 0 Å². The molecule has 194 valence electrons. The van der Waals surface area contributed by atoms with E-state index in [4.69, 9.17) is 9.47 Å². The number of carbonyl (C=O) groups excluding carboxylic acids is 1. The maximum atomic E-state index is 14.5. The molecule has 1 aromatic heterocycles. The molecule has 2 amide bonds. The molecule has 1 aliphatic rings. The molecular weight excluding hydrogens is 477 g/mol. The predicted octanol–water partition coefficient (Wildman–Crippen LogP) is 4.43. The first kappa shape index (κ1) is 26.1. The van der Waals surface area contributed by atoms with Gasteiger partial charge in [-0.05, 0) is 50.1 Å². The average Bonchev–Trinajstić information content (AvgIpc) is 3.13. The average molecular weight is 508 g/mol. The van der Waals surface area contributed by atoms with Gasteiger partial charge in [-0.15, -0.1) is 0 Å². The van der Waals surface area contributed by atoms with Gasteiger partial charge < -0.3 is 19.9 Å². The van der Waals surface area contributed by atoms with Crippen molar-refractivity contribution in [2.24, 2.45) is 0 Å². The van der Waals surface area contributed by atoms with Crippen molar-refractivity contribution in [3.05, 3.63) is 95.1 Å². The van der Waals surface area contributed by atoms with E-state index < -0.39 is 29.8 Å². The molecule has 0 unspecified atom stereocenters. The molecule has 3 aromatic rings. The Kier molecular flexibility index (Phi) is 7.73. The van der Waals surface area contributed by atoms with Gasteiger partial charge in [0.15, 0.2) is 0 Å². The number of benzene rings is 2. The number of carboxylic acid groups (broad SMARTS) is 1. The Labute approximate surface area is 215 Å². The SMILES string of the molecule is COc1ccccc1CNC(=O)c1cccnc1C[C@@H]1OC(C)(C)N(C(=O)O)[C@@H]1Cc1ccccc1F. The first-order valence-electron chi connectivity index (χ1n) is 12.0. The van der Waals surface area contributed by atoms with Crippen LogP contribution in [0.4, 0.5) is 9.18 Å². The van der Waals surface area contributed by atoms with Gasteiger partial charge in [0.05, 0.1) is 30.5 Å². The number of methoxy groups -OCH3 is 1. The van der Waals surface area contributed by atoms with Gasteiger partial charge in [0.25, 0.3) is 5.91 Å². The van der Waals surface area contributed by atoms with Crippen molar-refractivity contribution in [2.75, 3.05) is 7.11 Å². The van der Waals surface area contributed by atoms with Gasteiger partial charge in [-0.2, -0.15) is 0 Å².